The number of hydrogen-bond donors (Lipinski definition) is 1. The Balaban J connectivity index is 2.20. The van der Waals surface area contributed by atoms with Gasteiger partial charge in [-0.15, -0.1) is 0 Å². The van der Waals surface area contributed by atoms with E-state index >= 15 is 0 Å². The van der Waals surface area contributed by atoms with Gasteiger partial charge in [0.05, 0.1) is 12.3 Å². The Morgan fingerprint density at radius 2 is 2.25 bits per heavy atom. The lowest BCUT2D eigenvalue weighted by Crippen LogP contribution is -2.28. The van der Waals surface area contributed by atoms with Crippen LogP contribution < -0.4 is 0 Å². The zero-order chi connectivity index (χ0) is 14.3. The van der Waals surface area contributed by atoms with Crippen LogP contribution >= 0.6 is 0 Å². The minimum Gasteiger partial charge on any atom is -0.461 e. The number of carbonyl (C=O) groups excluding carboxylic acids is 1. The first-order chi connectivity index (χ1) is 9.54. The number of ether oxygens (including phenoxy) is 1. The molecule has 1 aliphatic carbocycles. The van der Waals surface area contributed by atoms with Gasteiger partial charge in [-0.05, 0) is 24.3 Å². The van der Waals surface area contributed by atoms with Crippen molar-refractivity contribution in [2.24, 2.45) is 0 Å². The van der Waals surface area contributed by atoms with E-state index in [4.69, 9.17) is 4.74 Å². The summed E-state index contributed by atoms with van der Waals surface area (Å²) in [6.45, 7) is 6.29. The molecular weight excluding hydrogens is 256 g/mol. The third-order valence-electron chi connectivity index (χ3n) is 3.57. The summed E-state index contributed by atoms with van der Waals surface area (Å²) in [7, 11) is 0. The molecule has 6 nitrogen and oxygen atoms in total. The van der Waals surface area contributed by atoms with Gasteiger partial charge in [0, 0.05) is 11.8 Å². The van der Waals surface area contributed by atoms with Crippen molar-refractivity contribution in [2.75, 3.05) is 6.61 Å². The Morgan fingerprint density at radius 1 is 1.45 bits per heavy atom. The van der Waals surface area contributed by atoms with E-state index in [9.17, 15) is 4.79 Å². The van der Waals surface area contributed by atoms with E-state index in [0.717, 1.165) is 28.9 Å². The summed E-state index contributed by atoms with van der Waals surface area (Å²) in [6.07, 6.45) is 4.08. The monoisotopic (exact) mass is 272 g/mol. The molecule has 2 aromatic heterocycles. The molecule has 0 radical (unpaired) electrons. The number of aromatic nitrogens is 4. The third-order valence-corrected chi connectivity index (χ3v) is 3.57. The highest BCUT2D eigenvalue weighted by atomic mass is 16.5. The lowest BCUT2D eigenvalue weighted by Gasteiger charge is -2.30. The van der Waals surface area contributed by atoms with Gasteiger partial charge in [0.2, 0.25) is 0 Å². The average Bonchev–Trinajstić information content (AvgIpc) is 2.85. The van der Waals surface area contributed by atoms with Crippen molar-refractivity contribution in [3.63, 3.8) is 0 Å². The summed E-state index contributed by atoms with van der Waals surface area (Å²) in [6, 6.07) is 0. The number of nitrogens with one attached hydrogen (secondary N) is 1. The third kappa shape index (κ3) is 1.79. The Bertz CT molecular complexity index is 676. The molecule has 0 saturated carbocycles. The van der Waals surface area contributed by atoms with Crippen molar-refractivity contribution in [3.8, 4) is 11.4 Å². The molecule has 20 heavy (non-hydrogen) atoms. The molecule has 0 amide bonds. The second kappa shape index (κ2) is 4.40. The van der Waals surface area contributed by atoms with E-state index in [2.05, 4.69) is 34.0 Å². The number of rotatable bonds is 2. The molecule has 0 unspecified atom stereocenters. The normalized spacial score (nSPS) is 15.3. The number of esters is 1. The van der Waals surface area contributed by atoms with Gasteiger partial charge in [0.1, 0.15) is 17.7 Å². The summed E-state index contributed by atoms with van der Waals surface area (Å²) in [4.78, 5) is 20.4. The standard InChI is InChI=1S/C14H16N4O2/c1-4-20-13(19)12-9-11(17-18-12)10-8(5-14(9,2)3)6-15-7-16-10/h6-7H,4-5H2,1-3H3,(H,17,18). The van der Waals surface area contributed by atoms with Gasteiger partial charge in [-0.2, -0.15) is 5.10 Å². The highest BCUT2D eigenvalue weighted by Crippen LogP contribution is 2.42. The molecule has 0 fully saturated rings. The highest BCUT2D eigenvalue weighted by Gasteiger charge is 2.38. The predicted octanol–water partition coefficient (Wildman–Crippen LogP) is 1.88. The molecule has 1 N–H and O–H groups in total. The maximum absolute atomic E-state index is 12.1. The van der Waals surface area contributed by atoms with Crippen molar-refractivity contribution in [2.45, 2.75) is 32.6 Å². The second-order valence-electron chi connectivity index (χ2n) is 5.50. The second-order valence-corrected chi connectivity index (χ2v) is 5.50. The summed E-state index contributed by atoms with van der Waals surface area (Å²) < 4.78 is 5.09. The van der Waals surface area contributed by atoms with E-state index < -0.39 is 0 Å². The maximum Gasteiger partial charge on any atom is 0.356 e. The SMILES string of the molecule is CCOC(=O)c1[nH]nc2c1C(C)(C)Cc1cncnc1-2. The van der Waals surface area contributed by atoms with Crippen molar-refractivity contribution in [1.82, 2.24) is 20.2 Å². The molecule has 6 heteroatoms. The zero-order valence-corrected chi connectivity index (χ0v) is 11.7. The molecule has 0 aromatic carbocycles. The fraction of sp³-hybridized carbons (Fsp3) is 0.429. The van der Waals surface area contributed by atoms with Crippen LogP contribution in [-0.2, 0) is 16.6 Å². The summed E-state index contributed by atoms with van der Waals surface area (Å²) in [5.74, 6) is -0.369. The number of aromatic amines is 1. The first-order valence-corrected chi connectivity index (χ1v) is 6.60. The van der Waals surface area contributed by atoms with Crippen LogP contribution in [0.5, 0.6) is 0 Å². The van der Waals surface area contributed by atoms with E-state index in [-0.39, 0.29) is 11.4 Å². The quantitative estimate of drug-likeness (QED) is 0.844. The maximum atomic E-state index is 12.1. The van der Waals surface area contributed by atoms with Gasteiger partial charge in [-0.1, -0.05) is 13.8 Å². The van der Waals surface area contributed by atoms with Crippen LogP contribution in [0.2, 0.25) is 0 Å². The van der Waals surface area contributed by atoms with Crippen molar-refractivity contribution >= 4 is 5.97 Å². The Kier molecular flexibility index (Phi) is 2.81. The molecule has 3 rings (SSSR count). The van der Waals surface area contributed by atoms with E-state index in [1.807, 2.05) is 6.20 Å². The number of carbonyl (C=O) groups is 1. The lowest BCUT2D eigenvalue weighted by molar-refractivity contribution is 0.0516. The molecule has 2 heterocycles. The average molecular weight is 272 g/mol. The van der Waals surface area contributed by atoms with Crippen LogP contribution in [0, 0.1) is 0 Å². The summed E-state index contributed by atoms with van der Waals surface area (Å²) in [5.41, 5.74) is 3.65. The van der Waals surface area contributed by atoms with Crippen LogP contribution in [0.1, 0.15) is 42.4 Å². The molecule has 0 spiro atoms. The van der Waals surface area contributed by atoms with Gasteiger partial charge in [-0.3, -0.25) is 5.10 Å². The molecule has 0 bridgehead atoms. The minimum absolute atomic E-state index is 0.220. The molecule has 0 atom stereocenters. The van der Waals surface area contributed by atoms with Crippen LogP contribution in [0.15, 0.2) is 12.5 Å². The smallest absolute Gasteiger partial charge is 0.356 e. The number of hydrogen-bond acceptors (Lipinski definition) is 5. The van der Waals surface area contributed by atoms with E-state index in [1.165, 1.54) is 6.33 Å². The van der Waals surface area contributed by atoms with E-state index in [0.29, 0.717) is 12.3 Å². The van der Waals surface area contributed by atoms with E-state index in [1.54, 1.807) is 6.92 Å². The fourth-order valence-corrected chi connectivity index (χ4v) is 2.79. The molecule has 0 saturated heterocycles. The number of nitrogens with zero attached hydrogens (tertiary/aromatic N) is 3. The Hall–Kier alpha value is -2.24. The first-order valence-electron chi connectivity index (χ1n) is 6.60. The van der Waals surface area contributed by atoms with Crippen LogP contribution in [-0.4, -0.2) is 32.7 Å². The molecule has 1 aliphatic rings. The highest BCUT2D eigenvalue weighted by molar-refractivity contribution is 5.92. The predicted molar refractivity (Wildman–Crippen MR) is 72.3 cm³/mol. The molecular formula is C14H16N4O2. The van der Waals surface area contributed by atoms with Crippen molar-refractivity contribution < 1.29 is 9.53 Å². The van der Waals surface area contributed by atoms with Crippen LogP contribution in [0.4, 0.5) is 0 Å². The van der Waals surface area contributed by atoms with Gasteiger partial charge in [-0.25, -0.2) is 14.8 Å². The Labute approximate surface area is 116 Å². The minimum atomic E-state index is -0.369. The summed E-state index contributed by atoms with van der Waals surface area (Å²) in [5, 5.41) is 7.09. The first kappa shape index (κ1) is 12.8. The molecule has 104 valence electrons. The molecule has 2 aromatic rings. The molecule has 0 aliphatic heterocycles. The van der Waals surface area contributed by atoms with Gasteiger partial charge < -0.3 is 4.74 Å². The van der Waals surface area contributed by atoms with Gasteiger partial charge >= 0.3 is 5.97 Å². The Morgan fingerprint density at radius 3 is 3.00 bits per heavy atom. The van der Waals surface area contributed by atoms with Crippen molar-refractivity contribution in [1.29, 1.82) is 0 Å². The summed E-state index contributed by atoms with van der Waals surface area (Å²) >= 11 is 0. The van der Waals surface area contributed by atoms with Gasteiger partial charge in [0.15, 0.2) is 0 Å². The zero-order valence-electron chi connectivity index (χ0n) is 11.7. The van der Waals surface area contributed by atoms with Crippen molar-refractivity contribution in [3.05, 3.63) is 29.3 Å². The largest absolute Gasteiger partial charge is 0.461 e. The number of fused-ring (bicyclic) bond motifs is 3. The number of H-pyrrole nitrogens is 1. The lowest BCUT2D eigenvalue weighted by atomic mass is 9.73. The van der Waals surface area contributed by atoms with Crippen LogP contribution in [0.3, 0.4) is 0 Å². The van der Waals surface area contributed by atoms with Gasteiger partial charge in [0.25, 0.3) is 0 Å². The van der Waals surface area contributed by atoms with Crippen LogP contribution in [0.25, 0.3) is 11.4 Å². The fourth-order valence-electron chi connectivity index (χ4n) is 2.79. The topological polar surface area (TPSA) is 80.8 Å².